The molecule has 82 valence electrons. The zero-order valence-corrected chi connectivity index (χ0v) is 9.37. The van der Waals surface area contributed by atoms with Crippen LogP contribution < -0.4 is 10.4 Å². The highest BCUT2D eigenvalue weighted by Gasteiger charge is 2.34. The Morgan fingerprint density at radius 2 is 2.19 bits per heavy atom. The molecule has 0 radical (unpaired) electrons. The summed E-state index contributed by atoms with van der Waals surface area (Å²) < 4.78 is 5.25. The van der Waals surface area contributed by atoms with E-state index in [9.17, 15) is 4.79 Å². The number of pyridine rings is 1. The fourth-order valence-electron chi connectivity index (χ4n) is 1.72. The van der Waals surface area contributed by atoms with E-state index in [1.54, 1.807) is 6.20 Å². The molecule has 3 rings (SSSR count). The highest BCUT2D eigenvalue weighted by atomic mass is 35.5. The molecule has 0 aromatic carbocycles. The van der Waals surface area contributed by atoms with Crippen molar-refractivity contribution in [2.24, 2.45) is 0 Å². The van der Waals surface area contributed by atoms with Crippen LogP contribution in [-0.2, 0) is 6.54 Å². The first-order chi connectivity index (χ1) is 7.57. The Labute approximate surface area is 99.6 Å². The van der Waals surface area contributed by atoms with Gasteiger partial charge in [-0.3, -0.25) is 9.55 Å². The van der Waals surface area contributed by atoms with Gasteiger partial charge in [-0.25, -0.2) is 9.78 Å². The van der Waals surface area contributed by atoms with E-state index in [0.29, 0.717) is 16.7 Å². The summed E-state index contributed by atoms with van der Waals surface area (Å²) in [7, 11) is 0. The second-order valence-corrected chi connectivity index (χ2v) is 4.86. The molecule has 1 aliphatic rings. The van der Waals surface area contributed by atoms with Crippen LogP contribution >= 0.6 is 23.2 Å². The van der Waals surface area contributed by atoms with E-state index in [0.717, 1.165) is 0 Å². The third kappa shape index (κ3) is 1.36. The Morgan fingerprint density at radius 3 is 3.00 bits per heavy atom. The summed E-state index contributed by atoms with van der Waals surface area (Å²) in [5.74, 6) is 0.383. The molecule has 7 heteroatoms. The molecular formula is C9H5Cl2N3O2. The predicted octanol–water partition coefficient (Wildman–Crippen LogP) is 1.32. The fraction of sp³-hybridized carbons (Fsp3) is 0.222. The number of hydrogen-bond acceptors (Lipinski definition) is 4. The SMILES string of the molecule is O=c1ncc2cncc3c2n1CC(Cl)(Cl)O3. The van der Waals surface area contributed by atoms with Crippen LogP contribution in [0.15, 0.2) is 23.4 Å². The van der Waals surface area contributed by atoms with Gasteiger partial charge in [0.05, 0.1) is 18.3 Å². The van der Waals surface area contributed by atoms with E-state index in [4.69, 9.17) is 27.9 Å². The van der Waals surface area contributed by atoms with Crippen molar-refractivity contribution in [3.05, 3.63) is 29.1 Å². The van der Waals surface area contributed by atoms with Gasteiger partial charge < -0.3 is 4.74 Å². The zero-order chi connectivity index (χ0) is 11.3. The van der Waals surface area contributed by atoms with Crippen molar-refractivity contribution in [1.82, 2.24) is 14.5 Å². The number of alkyl halides is 2. The molecule has 2 aromatic rings. The second-order valence-electron chi connectivity index (χ2n) is 3.44. The lowest BCUT2D eigenvalue weighted by Crippen LogP contribution is -2.38. The molecule has 16 heavy (non-hydrogen) atoms. The van der Waals surface area contributed by atoms with Crippen LogP contribution in [0.1, 0.15) is 0 Å². The molecule has 0 saturated heterocycles. The molecule has 0 N–H and O–H groups in total. The standard InChI is InChI=1S/C9H5Cl2N3O2/c10-9(11)4-14-7-5(2-13-8(14)15)1-12-3-6(7)16-9/h1-3H,4H2. The van der Waals surface area contributed by atoms with Crippen molar-refractivity contribution in [2.45, 2.75) is 11.1 Å². The molecule has 5 nitrogen and oxygen atoms in total. The third-order valence-corrected chi connectivity index (χ3v) is 2.72. The van der Waals surface area contributed by atoms with Gasteiger partial charge in [0.1, 0.15) is 0 Å². The van der Waals surface area contributed by atoms with Gasteiger partial charge in [0.2, 0.25) is 0 Å². The van der Waals surface area contributed by atoms with Gasteiger partial charge in [-0.1, -0.05) is 23.2 Å². The van der Waals surface area contributed by atoms with Crippen molar-refractivity contribution in [3.8, 4) is 5.75 Å². The molecule has 0 unspecified atom stereocenters. The summed E-state index contributed by atoms with van der Waals surface area (Å²) in [6.07, 6.45) is 4.51. The van der Waals surface area contributed by atoms with E-state index in [1.807, 2.05) is 0 Å². The summed E-state index contributed by atoms with van der Waals surface area (Å²) in [6.45, 7) is 0.0380. The molecule has 0 amide bonds. The highest BCUT2D eigenvalue weighted by Crippen LogP contribution is 2.36. The number of ether oxygens (including phenoxy) is 1. The van der Waals surface area contributed by atoms with Crippen LogP contribution in [0.3, 0.4) is 0 Å². The smallest absolute Gasteiger partial charge is 0.348 e. The summed E-state index contributed by atoms with van der Waals surface area (Å²) in [5.41, 5.74) is 0.209. The molecule has 2 aromatic heterocycles. The van der Waals surface area contributed by atoms with Crippen molar-refractivity contribution in [2.75, 3.05) is 0 Å². The van der Waals surface area contributed by atoms with Gasteiger partial charge in [0.25, 0.3) is 4.52 Å². The van der Waals surface area contributed by atoms with Crippen molar-refractivity contribution < 1.29 is 4.74 Å². The minimum absolute atomic E-state index is 0.0380. The number of hydrogen-bond donors (Lipinski definition) is 0. The van der Waals surface area contributed by atoms with Gasteiger partial charge >= 0.3 is 5.69 Å². The van der Waals surface area contributed by atoms with E-state index >= 15 is 0 Å². The summed E-state index contributed by atoms with van der Waals surface area (Å²) in [6, 6.07) is 0. The van der Waals surface area contributed by atoms with Crippen LogP contribution in [0.25, 0.3) is 10.9 Å². The Kier molecular flexibility index (Phi) is 1.90. The Balaban J connectivity index is 2.45. The lowest BCUT2D eigenvalue weighted by Gasteiger charge is -2.28. The average molecular weight is 258 g/mol. The highest BCUT2D eigenvalue weighted by molar-refractivity contribution is 6.47. The molecule has 0 saturated carbocycles. The van der Waals surface area contributed by atoms with Gasteiger partial charge in [-0.15, -0.1) is 0 Å². The fourth-order valence-corrected chi connectivity index (χ4v) is 2.13. The summed E-state index contributed by atoms with van der Waals surface area (Å²) in [4.78, 5) is 19.3. The number of rotatable bonds is 0. The predicted molar refractivity (Wildman–Crippen MR) is 58.9 cm³/mol. The molecule has 0 aliphatic carbocycles. The molecule has 0 bridgehead atoms. The van der Waals surface area contributed by atoms with Gasteiger partial charge in [-0.05, 0) is 0 Å². The monoisotopic (exact) mass is 257 g/mol. The first-order valence-electron chi connectivity index (χ1n) is 4.47. The summed E-state index contributed by atoms with van der Waals surface area (Å²) >= 11 is 11.8. The van der Waals surface area contributed by atoms with Crippen molar-refractivity contribution in [1.29, 1.82) is 0 Å². The van der Waals surface area contributed by atoms with Crippen LogP contribution in [0, 0.1) is 0 Å². The molecule has 0 atom stereocenters. The zero-order valence-electron chi connectivity index (χ0n) is 7.85. The van der Waals surface area contributed by atoms with E-state index in [-0.39, 0.29) is 6.54 Å². The first kappa shape index (κ1) is 9.86. The van der Waals surface area contributed by atoms with Crippen LogP contribution in [0.2, 0.25) is 0 Å². The number of nitrogens with zero attached hydrogens (tertiary/aromatic N) is 3. The van der Waals surface area contributed by atoms with Gasteiger partial charge in [0.15, 0.2) is 5.75 Å². The van der Waals surface area contributed by atoms with Gasteiger partial charge in [-0.2, -0.15) is 0 Å². The van der Waals surface area contributed by atoms with E-state index in [1.165, 1.54) is 17.0 Å². The van der Waals surface area contributed by atoms with E-state index in [2.05, 4.69) is 9.97 Å². The van der Waals surface area contributed by atoms with Crippen LogP contribution in [0.5, 0.6) is 5.75 Å². The van der Waals surface area contributed by atoms with Crippen molar-refractivity contribution >= 4 is 34.1 Å². The largest absolute Gasteiger partial charge is 0.452 e. The quantitative estimate of drug-likeness (QED) is 0.668. The lowest BCUT2D eigenvalue weighted by molar-refractivity contribution is 0.204. The average Bonchev–Trinajstić information content (AvgIpc) is 2.21. The number of halogens is 2. The van der Waals surface area contributed by atoms with Gasteiger partial charge in [0, 0.05) is 17.8 Å². The minimum atomic E-state index is -1.46. The lowest BCUT2D eigenvalue weighted by atomic mass is 10.3. The molecule has 0 spiro atoms. The molecule has 3 heterocycles. The third-order valence-electron chi connectivity index (χ3n) is 2.33. The Morgan fingerprint density at radius 1 is 1.38 bits per heavy atom. The minimum Gasteiger partial charge on any atom is -0.452 e. The Bertz CT molecular complexity index is 638. The topological polar surface area (TPSA) is 57.0 Å². The first-order valence-corrected chi connectivity index (χ1v) is 5.23. The second kappa shape index (κ2) is 3.09. The molecule has 1 aliphatic heterocycles. The Hall–Kier alpha value is -1.33. The maximum Gasteiger partial charge on any atom is 0.348 e. The maximum absolute atomic E-state index is 11.6. The van der Waals surface area contributed by atoms with E-state index < -0.39 is 10.2 Å². The van der Waals surface area contributed by atoms with Crippen molar-refractivity contribution in [3.63, 3.8) is 0 Å². The summed E-state index contributed by atoms with van der Waals surface area (Å²) in [5, 5.41) is 0.709. The van der Waals surface area contributed by atoms with Crippen LogP contribution in [-0.4, -0.2) is 19.1 Å². The number of aromatic nitrogens is 3. The molecule has 0 fully saturated rings. The molecular weight excluding hydrogens is 253 g/mol. The van der Waals surface area contributed by atoms with Crippen LogP contribution in [0.4, 0.5) is 0 Å². The normalized spacial score (nSPS) is 17.1. The maximum atomic E-state index is 11.6.